The number of hydrogen-bond donors (Lipinski definition) is 0. The summed E-state index contributed by atoms with van der Waals surface area (Å²) in [6.45, 7) is 3.33. The number of imidazole rings is 1. The Bertz CT molecular complexity index is 208. The van der Waals surface area contributed by atoms with Crippen molar-refractivity contribution in [3.63, 3.8) is 0 Å². The molecule has 0 radical (unpaired) electrons. The van der Waals surface area contributed by atoms with Gasteiger partial charge in [0.15, 0.2) is 0 Å². The maximum Gasteiger partial charge on any atom is 0.119 e. The molecule has 1 heterocycles. The molecule has 0 unspecified atom stereocenters. The first-order chi connectivity index (χ1) is 5.33. The Morgan fingerprint density at radius 2 is 2.36 bits per heavy atom. The van der Waals surface area contributed by atoms with Crippen LogP contribution in [0.4, 0.5) is 0 Å². The van der Waals surface area contributed by atoms with Crippen LogP contribution in [-0.4, -0.2) is 9.55 Å². The number of rotatable bonds is 4. The van der Waals surface area contributed by atoms with Gasteiger partial charge in [-0.05, 0) is 29.0 Å². The fourth-order valence-corrected chi connectivity index (χ4v) is 1.48. The van der Waals surface area contributed by atoms with Crippen molar-refractivity contribution in [1.29, 1.82) is 0 Å². The van der Waals surface area contributed by atoms with Gasteiger partial charge in [-0.3, -0.25) is 0 Å². The van der Waals surface area contributed by atoms with Crippen LogP contribution in [0.2, 0.25) is 0 Å². The van der Waals surface area contributed by atoms with Crippen LogP contribution in [0.1, 0.15) is 26.2 Å². The molecule has 0 aliphatic carbocycles. The lowest BCUT2D eigenvalue weighted by molar-refractivity contribution is 0.602. The van der Waals surface area contributed by atoms with Crippen molar-refractivity contribution in [1.82, 2.24) is 9.55 Å². The zero-order valence-corrected chi connectivity index (χ0v) is 8.91. The minimum absolute atomic E-state index is 1.08. The van der Waals surface area contributed by atoms with Crippen LogP contribution < -0.4 is 0 Å². The topological polar surface area (TPSA) is 17.8 Å². The minimum Gasteiger partial charge on any atom is -0.336 e. The fourth-order valence-electron chi connectivity index (χ4n) is 0.999. The van der Waals surface area contributed by atoms with Crippen LogP contribution in [0.25, 0.3) is 0 Å². The highest BCUT2D eigenvalue weighted by Crippen LogP contribution is 2.02. The summed E-state index contributed by atoms with van der Waals surface area (Å²) in [6, 6.07) is 0. The van der Waals surface area contributed by atoms with E-state index >= 15 is 0 Å². The van der Waals surface area contributed by atoms with Crippen LogP contribution in [0, 0.1) is 3.70 Å². The molecule has 0 aliphatic heterocycles. The normalized spacial score (nSPS) is 10.4. The first-order valence-corrected chi connectivity index (χ1v) is 5.08. The van der Waals surface area contributed by atoms with Gasteiger partial charge in [0.05, 0.1) is 6.33 Å². The first-order valence-electron chi connectivity index (χ1n) is 4.00. The van der Waals surface area contributed by atoms with Crippen LogP contribution in [0.3, 0.4) is 0 Å². The zero-order valence-electron chi connectivity index (χ0n) is 6.76. The number of unbranched alkanes of at least 4 members (excludes halogenated alkanes) is 2. The molecule has 0 bridgehead atoms. The summed E-state index contributed by atoms with van der Waals surface area (Å²) >= 11 is 2.23. The van der Waals surface area contributed by atoms with Crippen molar-refractivity contribution in [2.45, 2.75) is 32.7 Å². The highest BCUT2D eigenvalue weighted by atomic mass is 127. The van der Waals surface area contributed by atoms with E-state index in [9.17, 15) is 0 Å². The lowest BCUT2D eigenvalue weighted by Gasteiger charge is -1.98. The predicted molar refractivity (Wildman–Crippen MR) is 54.5 cm³/mol. The number of hydrogen-bond acceptors (Lipinski definition) is 1. The largest absolute Gasteiger partial charge is 0.336 e. The zero-order chi connectivity index (χ0) is 8.10. The lowest BCUT2D eigenvalue weighted by Crippen LogP contribution is -1.93. The maximum atomic E-state index is 4.14. The van der Waals surface area contributed by atoms with Crippen molar-refractivity contribution in [2.75, 3.05) is 0 Å². The Kier molecular flexibility index (Phi) is 3.90. The Morgan fingerprint density at radius 1 is 1.55 bits per heavy atom. The third kappa shape index (κ3) is 3.22. The minimum atomic E-state index is 1.08. The summed E-state index contributed by atoms with van der Waals surface area (Å²) in [7, 11) is 0. The second-order valence-electron chi connectivity index (χ2n) is 2.64. The van der Waals surface area contributed by atoms with E-state index in [-0.39, 0.29) is 0 Å². The fraction of sp³-hybridized carbons (Fsp3) is 0.625. The summed E-state index contributed by atoms with van der Waals surface area (Å²) < 4.78 is 3.23. The molecule has 11 heavy (non-hydrogen) atoms. The molecular formula is C8H13IN2. The Labute approximate surface area is 81.2 Å². The molecule has 1 aromatic heterocycles. The number of aromatic nitrogens is 2. The molecular weight excluding hydrogens is 251 g/mol. The van der Waals surface area contributed by atoms with E-state index < -0.39 is 0 Å². The van der Waals surface area contributed by atoms with Gasteiger partial charge >= 0.3 is 0 Å². The van der Waals surface area contributed by atoms with E-state index in [2.05, 4.69) is 45.3 Å². The SMILES string of the molecule is CCCCCn1cnc(I)c1. The molecule has 0 N–H and O–H groups in total. The summed E-state index contributed by atoms with van der Waals surface area (Å²) in [6.07, 6.45) is 7.84. The molecule has 0 atom stereocenters. The third-order valence-corrected chi connectivity index (χ3v) is 2.18. The molecule has 0 aliphatic rings. The molecule has 0 saturated carbocycles. The van der Waals surface area contributed by atoms with Gasteiger partial charge in [-0.2, -0.15) is 0 Å². The lowest BCUT2D eigenvalue weighted by atomic mass is 10.2. The van der Waals surface area contributed by atoms with Gasteiger partial charge in [-0.15, -0.1) is 0 Å². The summed E-state index contributed by atoms with van der Waals surface area (Å²) in [5.74, 6) is 0. The molecule has 0 amide bonds. The van der Waals surface area contributed by atoms with Crippen molar-refractivity contribution < 1.29 is 0 Å². The Morgan fingerprint density at radius 3 is 2.91 bits per heavy atom. The van der Waals surface area contributed by atoms with Gasteiger partial charge in [0, 0.05) is 12.7 Å². The van der Waals surface area contributed by atoms with Crippen LogP contribution >= 0.6 is 22.6 Å². The molecule has 62 valence electrons. The second kappa shape index (κ2) is 4.74. The molecule has 0 spiro atoms. The van der Waals surface area contributed by atoms with Crippen molar-refractivity contribution in [3.05, 3.63) is 16.2 Å². The maximum absolute atomic E-state index is 4.14. The average molecular weight is 264 g/mol. The summed E-state index contributed by atoms with van der Waals surface area (Å²) in [4.78, 5) is 4.14. The van der Waals surface area contributed by atoms with Gasteiger partial charge in [-0.1, -0.05) is 19.8 Å². The van der Waals surface area contributed by atoms with E-state index in [1.807, 2.05) is 6.33 Å². The first kappa shape index (κ1) is 9.03. The molecule has 0 fully saturated rings. The Hall–Kier alpha value is -0.0600. The molecule has 2 nitrogen and oxygen atoms in total. The standard InChI is InChI=1S/C8H13IN2/c1-2-3-4-5-11-6-8(9)10-7-11/h6-7H,2-5H2,1H3. The van der Waals surface area contributed by atoms with Crippen molar-refractivity contribution in [2.24, 2.45) is 0 Å². The molecule has 0 aromatic carbocycles. The van der Waals surface area contributed by atoms with Crippen molar-refractivity contribution >= 4 is 22.6 Å². The van der Waals surface area contributed by atoms with Gasteiger partial charge in [0.2, 0.25) is 0 Å². The monoisotopic (exact) mass is 264 g/mol. The van der Waals surface area contributed by atoms with E-state index in [4.69, 9.17) is 0 Å². The molecule has 1 rings (SSSR count). The van der Waals surface area contributed by atoms with Gasteiger partial charge in [0.1, 0.15) is 3.70 Å². The van der Waals surface area contributed by atoms with Crippen molar-refractivity contribution in [3.8, 4) is 0 Å². The summed E-state index contributed by atoms with van der Waals surface area (Å²) in [5.41, 5.74) is 0. The molecule has 1 aromatic rings. The number of halogens is 1. The third-order valence-electron chi connectivity index (χ3n) is 1.62. The number of aryl methyl sites for hydroxylation is 1. The molecule has 3 heteroatoms. The highest BCUT2D eigenvalue weighted by Gasteiger charge is 1.92. The average Bonchev–Trinajstić information content (AvgIpc) is 2.37. The summed E-state index contributed by atoms with van der Waals surface area (Å²) in [5, 5.41) is 0. The quantitative estimate of drug-likeness (QED) is 0.604. The van der Waals surface area contributed by atoms with E-state index in [1.54, 1.807) is 0 Å². The van der Waals surface area contributed by atoms with Gasteiger partial charge in [0.25, 0.3) is 0 Å². The van der Waals surface area contributed by atoms with Crippen LogP contribution in [-0.2, 0) is 6.54 Å². The van der Waals surface area contributed by atoms with Gasteiger partial charge in [-0.25, -0.2) is 4.98 Å². The highest BCUT2D eigenvalue weighted by molar-refractivity contribution is 14.1. The smallest absolute Gasteiger partial charge is 0.119 e. The number of nitrogens with zero attached hydrogens (tertiary/aromatic N) is 2. The van der Waals surface area contributed by atoms with Gasteiger partial charge < -0.3 is 4.57 Å². The predicted octanol–water partition coefficient (Wildman–Crippen LogP) is 2.68. The van der Waals surface area contributed by atoms with Crippen LogP contribution in [0.15, 0.2) is 12.5 Å². The van der Waals surface area contributed by atoms with Crippen LogP contribution in [0.5, 0.6) is 0 Å². The van der Waals surface area contributed by atoms with E-state index in [0.717, 1.165) is 10.2 Å². The molecule has 0 saturated heterocycles. The van der Waals surface area contributed by atoms with E-state index in [1.165, 1.54) is 19.3 Å². The van der Waals surface area contributed by atoms with E-state index in [0.29, 0.717) is 0 Å². The second-order valence-corrected chi connectivity index (χ2v) is 3.75. The Balaban J connectivity index is 2.27.